The van der Waals surface area contributed by atoms with E-state index >= 15 is 0 Å². The molecule has 1 aromatic carbocycles. The number of hydrogen-bond acceptors (Lipinski definition) is 4. The number of halogens is 2. The van der Waals surface area contributed by atoms with Crippen molar-refractivity contribution < 1.29 is 28.2 Å². The first-order valence-corrected chi connectivity index (χ1v) is 6.28. The van der Waals surface area contributed by atoms with E-state index in [0.717, 1.165) is 0 Å². The highest BCUT2D eigenvalue weighted by Gasteiger charge is 2.49. The summed E-state index contributed by atoms with van der Waals surface area (Å²) in [6.45, 7) is 4.81. The van der Waals surface area contributed by atoms with Crippen LogP contribution in [0.2, 0.25) is 0 Å². The smallest absolute Gasteiger partial charge is 0.380 e. The van der Waals surface area contributed by atoms with Crippen LogP contribution in [0.15, 0.2) is 24.3 Å². The van der Waals surface area contributed by atoms with Gasteiger partial charge in [0.05, 0.1) is 12.7 Å². The molecule has 0 aliphatic carbocycles. The molecule has 0 spiro atoms. The van der Waals surface area contributed by atoms with Crippen molar-refractivity contribution in [3.63, 3.8) is 0 Å². The molecular formula is C14H18F2O4. The van der Waals surface area contributed by atoms with Crippen molar-refractivity contribution in [2.45, 2.75) is 38.9 Å². The van der Waals surface area contributed by atoms with E-state index < -0.39 is 18.0 Å². The van der Waals surface area contributed by atoms with E-state index in [1.807, 2.05) is 0 Å². The first-order chi connectivity index (χ1) is 9.28. The Morgan fingerprint density at radius 1 is 1.40 bits per heavy atom. The van der Waals surface area contributed by atoms with Crippen LogP contribution in [-0.4, -0.2) is 29.7 Å². The molecule has 0 aliphatic heterocycles. The van der Waals surface area contributed by atoms with Gasteiger partial charge in [0.2, 0.25) is 0 Å². The monoisotopic (exact) mass is 288 g/mol. The first kappa shape index (κ1) is 16.4. The third kappa shape index (κ3) is 3.90. The molecule has 0 saturated carbocycles. The molecule has 0 aromatic heterocycles. The van der Waals surface area contributed by atoms with E-state index in [1.165, 1.54) is 25.1 Å². The largest absolute Gasteiger partial charge is 0.491 e. The molecule has 0 radical (unpaired) electrons. The predicted molar refractivity (Wildman–Crippen MR) is 68.7 cm³/mol. The maximum absolute atomic E-state index is 13.7. The molecule has 0 saturated heterocycles. The second-order valence-corrected chi connectivity index (χ2v) is 4.49. The van der Waals surface area contributed by atoms with Crippen LogP contribution in [0, 0.1) is 0 Å². The van der Waals surface area contributed by atoms with Gasteiger partial charge in [-0.25, -0.2) is 4.79 Å². The Kier molecular flexibility index (Phi) is 5.44. The number of carbonyl (C=O) groups is 1. The van der Waals surface area contributed by atoms with Gasteiger partial charge >= 0.3 is 11.9 Å². The van der Waals surface area contributed by atoms with E-state index in [1.54, 1.807) is 19.9 Å². The highest BCUT2D eigenvalue weighted by molar-refractivity contribution is 5.78. The Labute approximate surface area is 116 Å². The van der Waals surface area contributed by atoms with Gasteiger partial charge in [-0.15, -0.1) is 0 Å². The lowest BCUT2D eigenvalue weighted by Crippen LogP contribution is -2.37. The molecule has 112 valence electrons. The van der Waals surface area contributed by atoms with Crippen molar-refractivity contribution in [3.05, 3.63) is 29.8 Å². The van der Waals surface area contributed by atoms with E-state index in [2.05, 4.69) is 4.74 Å². The van der Waals surface area contributed by atoms with Crippen LogP contribution in [0.1, 0.15) is 32.4 Å². The molecule has 6 heteroatoms. The molecule has 1 aromatic rings. The van der Waals surface area contributed by atoms with E-state index in [9.17, 15) is 18.7 Å². The highest BCUT2D eigenvalue weighted by atomic mass is 19.3. The summed E-state index contributed by atoms with van der Waals surface area (Å²) < 4.78 is 37.0. The van der Waals surface area contributed by atoms with Gasteiger partial charge < -0.3 is 14.6 Å². The van der Waals surface area contributed by atoms with Crippen molar-refractivity contribution >= 4 is 5.97 Å². The van der Waals surface area contributed by atoms with Crippen molar-refractivity contribution in [2.24, 2.45) is 0 Å². The van der Waals surface area contributed by atoms with Crippen LogP contribution < -0.4 is 4.74 Å². The Balaban J connectivity index is 2.96. The molecule has 0 amide bonds. The highest BCUT2D eigenvalue weighted by Crippen LogP contribution is 2.34. The zero-order chi connectivity index (χ0) is 15.3. The van der Waals surface area contributed by atoms with Gasteiger partial charge in [0.15, 0.2) is 6.10 Å². The van der Waals surface area contributed by atoms with E-state index in [0.29, 0.717) is 5.75 Å². The third-order valence-corrected chi connectivity index (χ3v) is 2.44. The van der Waals surface area contributed by atoms with Gasteiger partial charge in [-0.05, 0) is 38.5 Å². The summed E-state index contributed by atoms with van der Waals surface area (Å²) in [5, 5.41) is 9.70. The lowest BCUT2D eigenvalue weighted by Gasteiger charge is -2.21. The number of hydrogen-bond donors (Lipinski definition) is 1. The van der Waals surface area contributed by atoms with Gasteiger partial charge in [-0.1, -0.05) is 12.1 Å². The second-order valence-electron chi connectivity index (χ2n) is 4.49. The average Bonchev–Trinajstić information content (AvgIpc) is 2.37. The third-order valence-electron chi connectivity index (χ3n) is 2.44. The van der Waals surface area contributed by atoms with E-state index in [4.69, 9.17) is 4.74 Å². The molecular weight excluding hydrogens is 270 g/mol. The van der Waals surface area contributed by atoms with Crippen LogP contribution in [0.5, 0.6) is 5.75 Å². The SMILES string of the molecule is CCOC(=O)C(F)(F)C(O)c1cccc(OC(C)C)c1. The first-order valence-electron chi connectivity index (χ1n) is 6.28. The lowest BCUT2D eigenvalue weighted by molar-refractivity contribution is -0.189. The van der Waals surface area contributed by atoms with Crippen LogP contribution in [0.4, 0.5) is 8.78 Å². The van der Waals surface area contributed by atoms with Crippen molar-refractivity contribution in [1.29, 1.82) is 0 Å². The number of ether oxygens (including phenoxy) is 2. The zero-order valence-electron chi connectivity index (χ0n) is 11.6. The van der Waals surface area contributed by atoms with Crippen LogP contribution in [0.3, 0.4) is 0 Å². The van der Waals surface area contributed by atoms with Crippen molar-refractivity contribution in [1.82, 2.24) is 0 Å². The molecule has 4 nitrogen and oxygen atoms in total. The zero-order valence-corrected chi connectivity index (χ0v) is 11.6. The number of aliphatic hydroxyl groups is 1. The van der Waals surface area contributed by atoms with Gasteiger partial charge in [0.1, 0.15) is 5.75 Å². The molecule has 0 aliphatic rings. The number of benzene rings is 1. The second kappa shape index (κ2) is 6.65. The fourth-order valence-corrected chi connectivity index (χ4v) is 1.58. The maximum Gasteiger partial charge on any atom is 0.380 e. The average molecular weight is 288 g/mol. The molecule has 1 atom stereocenters. The minimum absolute atomic E-state index is 0.110. The quantitative estimate of drug-likeness (QED) is 0.818. The van der Waals surface area contributed by atoms with Crippen LogP contribution >= 0.6 is 0 Å². The van der Waals surface area contributed by atoms with Crippen molar-refractivity contribution in [2.75, 3.05) is 6.61 Å². The van der Waals surface area contributed by atoms with Gasteiger partial charge in [-0.3, -0.25) is 0 Å². The summed E-state index contributed by atoms with van der Waals surface area (Å²) in [7, 11) is 0. The van der Waals surface area contributed by atoms with Gasteiger partial charge in [0, 0.05) is 0 Å². The summed E-state index contributed by atoms with van der Waals surface area (Å²) >= 11 is 0. The Morgan fingerprint density at radius 2 is 2.05 bits per heavy atom. The molecule has 1 unspecified atom stereocenters. The topological polar surface area (TPSA) is 55.8 Å². The van der Waals surface area contributed by atoms with Gasteiger partial charge in [-0.2, -0.15) is 8.78 Å². The van der Waals surface area contributed by atoms with E-state index in [-0.39, 0.29) is 18.3 Å². The number of rotatable bonds is 6. The van der Waals surface area contributed by atoms with Crippen molar-refractivity contribution in [3.8, 4) is 5.75 Å². The predicted octanol–water partition coefficient (Wildman–Crippen LogP) is 2.71. The van der Waals surface area contributed by atoms with Crippen LogP contribution in [-0.2, 0) is 9.53 Å². The number of alkyl halides is 2. The molecule has 0 bridgehead atoms. The van der Waals surface area contributed by atoms with Gasteiger partial charge in [0.25, 0.3) is 0 Å². The molecule has 20 heavy (non-hydrogen) atoms. The lowest BCUT2D eigenvalue weighted by atomic mass is 10.0. The summed E-state index contributed by atoms with van der Waals surface area (Å²) in [6.07, 6.45) is -2.41. The molecule has 0 fully saturated rings. The summed E-state index contributed by atoms with van der Waals surface area (Å²) in [6, 6.07) is 5.62. The summed E-state index contributed by atoms with van der Waals surface area (Å²) in [5.74, 6) is -5.41. The Hall–Kier alpha value is -1.69. The van der Waals surface area contributed by atoms with Crippen LogP contribution in [0.25, 0.3) is 0 Å². The Morgan fingerprint density at radius 3 is 2.60 bits per heavy atom. The molecule has 1 rings (SSSR count). The minimum Gasteiger partial charge on any atom is -0.491 e. The standard InChI is InChI=1S/C14H18F2O4/c1-4-19-13(18)14(15,16)12(17)10-6-5-7-11(8-10)20-9(2)3/h5-9,12,17H,4H2,1-3H3. The number of aliphatic hydroxyl groups excluding tert-OH is 1. The summed E-state index contributed by atoms with van der Waals surface area (Å²) in [4.78, 5) is 11.2. The Bertz CT molecular complexity index is 460. The fraction of sp³-hybridized carbons (Fsp3) is 0.500. The summed E-state index contributed by atoms with van der Waals surface area (Å²) in [5.41, 5.74) is -0.110. The molecule has 1 N–H and O–H groups in total. The minimum atomic E-state index is -4.01. The fourth-order valence-electron chi connectivity index (χ4n) is 1.58. The maximum atomic E-state index is 13.7. The number of esters is 1. The normalized spacial score (nSPS) is 13.2. The number of carbonyl (C=O) groups excluding carboxylic acids is 1. The molecule has 0 heterocycles.